The minimum absolute atomic E-state index is 0.0732. The van der Waals surface area contributed by atoms with Crippen molar-refractivity contribution in [3.05, 3.63) is 86.7 Å². The van der Waals surface area contributed by atoms with E-state index >= 15 is 0 Å². The van der Waals surface area contributed by atoms with E-state index in [1.807, 2.05) is 18.2 Å². The van der Waals surface area contributed by atoms with E-state index in [0.717, 1.165) is 5.56 Å². The second kappa shape index (κ2) is 10.4. The Labute approximate surface area is 202 Å². The zero-order valence-electron chi connectivity index (χ0n) is 19.2. The van der Waals surface area contributed by atoms with Crippen LogP contribution in [-0.2, 0) is 11.3 Å². The van der Waals surface area contributed by atoms with Gasteiger partial charge in [0.1, 0.15) is 11.5 Å². The van der Waals surface area contributed by atoms with Gasteiger partial charge in [0.2, 0.25) is 0 Å². The molecule has 0 radical (unpaired) electrons. The number of carbonyl (C=O) groups excluding carboxylic acids is 1. The summed E-state index contributed by atoms with van der Waals surface area (Å²) in [4.78, 5) is 29.7. The number of aromatic nitrogens is 1. The van der Waals surface area contributed by atoms with Gasteiger partial charge in [0, 0.05) is 36.9 Å². The van der Waals surface area contributed by atoms with E-state index in [2.05, 4.69) is 4.90 Å². The summed E-state index contributed by atoms with van der Waals surface area (Å²) in [7, 11) is 0. The molecule has 4 rings (SSSR count). The summed E-state index contributed by atoms with van der Waals surface area (Å²) in [5.74, 6) is 0.570. The van der Waals surface area contributed by atoms with Gasteiger partial charge in [0.05, 0.1) is 31.0 Å². The summed E-state index contributed by atoms with van der Waals surface area (Å²) < 4.78 is 12.2. The molecule has 1 N–H and O–H groups in total. The van der Waals surface area contributed by atoms with Crippen LogP contribution in [0.1, 0.15) is 35.5 Å². The lowest BCUT2D eigenvalue weighted by atomic mass is 9.96. The van der Waals surface area contributed by atoms with Gasteiger partial charge in [-0.15, -0.1) is 0 Å². The van der Waals surface area contributed by atoms with Gasteiger partial charge < -0.3 is 23.7 Å². The van der Waals surface area contributed by atoms with E-state index in [-0.39, 0.29) is 29.5 Å². The Balaban J connectivity index is 1.75. The molecule has 1 aliphatic rings. The van der Waals surface area contributed by atoms with E-state index in [1.54, 1.807) is 53.8 Å². The molecule has 1 amide bonds. The second-order valence-electron chi connectivity index (χ2n) is 8.23. The lowest BCUT2D eigenvalue weighted by Gasteiger charge is -2.39. The summed E-state index contributed by atoms with van der Waals surface area (Å²) >= 11 is 6.30. The van der Waals surface area contributed by atoms with Gasteiger partial charge in [-0.1, -0.05) is 23.7 Å². The molecule has 1 fully saturated rings. The molecule has 0 spiro atoms. The van der Waals surface area contributed by atoms with Crippen LogP contribution in [0.25, 0.3) is 0 Å². The highest BCUT2D eigenvalue weighted by Gasteiger charge is 2.33. The number of piperazine rings is 1. The molecule has 34 heavy (non-hydrogen) atoms. The normalized spacial score (nSPS) is 15.3. The van der Waals surface area contributed by atoms with Crippen molar-refractivity contribution in [1.29, 1.82) is 0 Å². The molecule has 1 aliphatic heterocycles. The van der Waals surface area contributed by atoms with Gasteiger partial charge in [-0.05, 0) is 49.7 Å². The number of aromatic hydroxyl groups is 1. The van der Waals surface area contributed by atoms with Crippen molar-refractivity contribution in [2.45, 2.75) is 26.4 Å². The van der Waals surface area contributed by atoms with Gasteiger partial charge >= 0.3 is 6.09 Å². The third-order valence-electron chi connectivity index (χ3n) is 6.06. The number of rotatable bonds is 6. The number of amides is 1. The van der Waals surface area contributed by atoms with Crippen LogP contribution >= 0.6 is 11.6 Å². The van der Waals surface area contributed by atoms with Crippen molar-refractivity contribution in [3.63, 3.8) is 0 Å². The van der Waals surface area contributed by atoms with Crippen molar-refractivity contribution in [2.24, 2.45) is 0 Å². The number of aryl methyl sites for hydroxylation is 1. The van der Waals surface area contributed by atoms with Crippen molar-refractivity contribution in [1.82, 2.24) is 14.4 Å². The highest BCUT2D eigenvalue weighted by atomic mass is 35.5. The van der Waals surface area contributed by atoms with E-state index in [0.29, 0.717) is 49.3 Å². The van der Waals surface area contributed by atoms with Gasteiger partial charge in [-0.25, -0.2) is 4.79 Å². The summed E-state index contributed by atoms with van der Waals surface area (Å²) in [6, 6.07) is 11.9. The predicted molar refractivity (Wildman–Crippen MR) is 128 cm³/mol. The minimum atomic E-state index is -0.543. The van der Waals surface area contributed by atoms with Crippen molar-refractivity contribution >= 4 is 17.7 Å². The van der Waals surface area contributed by atoms with Crippen LogP contribution in [0.5, 0.6) is 5.75 Å². The maximum atomic E-state index is 13.8. The highest BCUT2D eigenvalue weighted by Crippen LogP contribution is 2.34. The Morgan fingerprint density at radius 1 is 1.18 bits per heavy atom. The number of hydrogen-bond donors (Lipinski definition) is 1. The zero-order chi connectivity index (χ0) is 24.2. The molecule has 180 valence electrons. The number of benzene rings is 1. The number of halogens is 1. The average Bonchev–Trinajstić information content (AvgIpc) is 3.33. The smallest absolute Gasteiger partial charge is 0.409 e. The predicted octanol–water partition coefficient (Wildman–Crippen LogP) is 4.02. The molecule has 8 nitrogen and oxygen atoms in total. The third kappa shape index (κ3) is 4.98. The Morgan fingerprint density at radius 2 is 1.94 bits per heavy atom. The fraction of sp³-hybridized carbons (Fsp3) is 0.360. The summed E-state index contributed by atoms with van der Waals surface area (Å²) in [6.45, 7) is 6.02. The Hall–Kier alpha value is -3.23. The van der Waals surface area contributed by atoms with Crippen LogP contribution in [-0.4, -0.2) is 58.4 Å². The maximum Gasteiger partial charge on any atom is 0.409 e. The molecule has 3 heterocycles. The van der Waals surface area contributed by atoms with Crippen molar-refractivity contribution in [2.75, 3.05) is 32.8 Å². The standard InChI is InChI=1S/C25H28ClN3O5/c1-3-33-25(32)28-11-9-27(10-12-28)23(18-6-4-7-19(26)15-18)22-21(30)14-17(2)29(24(22)31)16-20-8-5-13-34-20/h4-8,13-15,23,30H,3,9-12,16H2,1-2H3/t23-/m0/s1. The first kappa shape index (κ1) is 23.9. The quantitative estimate of drug-likeness (QED) is 0.567. The number of hydrogen-bond acceptors (Lipinski definition) is 6. The molecule has 0 aliphatic carbocycles. The molecule has 9 heteroatoms. The Bertz CT molecular complexity index is 1200. The van der Waals surface area contributed by atoms with Gasteiger partial charge in [-0.3, -0.25) is 9.69 Å². The van der Waals surface area contributed by atoms with Gasteiger partial charge in [0.15, 0.2) is 0 Å². The molecular formula is C25H28ClN3O5. The van der Waals surface area contributed by atoms with E-state index in [9.17, 15) is 14.7 Å². The van der Waals surface area contributed by atoms with Gasteiger partial charge in [0.25, 0.3) is 5.56 Å². The first-order chi connectivity index (χ1) is 16.4. The minimum Gasteiger partial charge on any atom is -0.507 e. The first-order valence-corrected chi connectivity index (χ1v) is 11.6. The highest BCUT2D eigenvalue weighted by molar-refractivity contribution is 6.30. The van der Waals surface area contributed by atoms with E-state index in [4.69, 9.17) is 20.8 Å². The largest absolute Gasteiger partial charge is 0.507 e. The monoisotopic (exact) mass is 485 g/mol. The first-order valence-electron chi connectivity index (χ1n) is 11.3. The summed E-state index contributed by atoms with van der Waals surface area (Å²) in [5, 5.41) is 11.5. The SMILES string of the molecule is CCOC(=O)N1CCN([C@@H](c2cccc(Cl)c2)c2c(O)cc(C)n(Cc3ccco3)c2=O)CC1. The van der Waals surface area contributed by atoms with E-state index < -0.39 is 6.04 Å². The molecule has 0 unspecified atom stereocenters. The van der Waals surface area contributed by atoms with Gasteiger partial charge in [-0.2, -0.15) is 0 Å². The Kier molecular flexibility index (Phi) is 7.29. The molecule has 0 saturated carbocycles. The molecule has 1 aromatic carbocycles. The second-order valence-corrected chi connectivity index (χ2v) is 8.67. The van der Waals surface area contributed by atoms with Crippen LogP contribution in [0.15, 0.2) is 57.9 Å². The van der Waals surface area contributed by atoms with Crippen LogP contribution in [0.2, 0.25) is 5.02 Å². The fourth-order valence-corrected chi connectivity index (χ4v) is 4.59. The number of ether oxygens (including phenoxy) is 1. The molecule has 1 saturated heterocycles. The molecule has 2 aromatic heterocycles. The molecule has 0 bridgehead atoms. The number of nitrogens with zero attached hydrogens (tertiary/aromatic N) is 3. The van der Waals surface area contributed by atoms with Crippen LogP contribution in [0, 0.1) is 6.92 Å². The maximum absolute atomic E-state index is 13.8. The molecular weight excluding hydrogens is 458 g/mol. The van der Waals surface area contributed by atoms with Crippen LogP contribution < -0.4 is 5.56 Å². The lowest BCUT2D eigenvalue weighted by molar-refractivity contribution is 0.0709. The molecule has 3 aromatic rings. The van der Waals surface area contributed by atoms with Crippen molar-refractivity contribution < 1.29 is 19.1 Å². The summed E-state index contributed by atoms with van der Waals surface area (Å²) in [5.41, 5.74) is 1.38. The van der Waals surface area contributed by atoms with Crippen LogP contribution in [0.3, 0.4) is 0 Å². The van der Waals surface area contributed by atoms with Crippen LogP contribution in [0.4, 0.5) is 4.79 Å². The average molecular weight is 486 g/mol. The Morgan fingerprint density at radius 3 is 2.59 bits per heavy atom. The lowest BCUT2D eigenvalue weighted by Crippen LogP contribution is -2.50. The fourth-order valence-electron chi connectivity index (χ4n) is 4.39. The third-order valence-corrected chi connectivity index (χ3v) is 6.30. The topological polar surface area (TPSA) is 88.2 Å². The van der Waals surface area contributed by atoms with Crippen molar-refractivity contribution in [3.8, 4) is 5.75 Å². The summed E-state index contributed by atoms with van der Waals surface area (Å²) in [6.07, 6.45) is 1.22. The molecule has 1 atom stereocenters. The number of pyridine rings is 1. The zero-order valence-corrected chi connectivity index (χ0v) is 20.0. The van der Waals surface area contributed by atoms with E-state index in [1.165, 1.54) is 0 Å². The number of furan rings is 1. The number of carbonyl (C=O) groups is 1.